The van der Waals surface area contributed by atoms with Crippen molar-refractivity contribution in [1.82, 2.24) is 20.2 Å². The van der Waals surface area contributed by atoms with Crippen molar-refractivity contribution in [3.63, 3.8) is 0 Å². The third-order valence-corrected chi connectivity index (χ3v) is 4.09. The maximum absolute atomic E-state index is 5.94. The van der Waals surface area contributed by atoms with Crippen LogP contribution in [0, 0.1) is 0 Å². The van der Waals surface area contributed by atoms with E-state index in [0.717, 1.165) is 30.3 Å². The molecule has 5 nitrogen and oxygen atoms in total. The molecule has 1 atom stereocenters. The molecule has 2 rings (SSSR count). The van der Waals surface area contributed by atoms with E-state index < -0.39 is 0 Å². The van der Waals surface area contributed by atoms with Gasteiger partial charge < -0.3 is 15.0 Å². The second kappa shape index (κ2) is 7.71. The smallest absolute Gasteiger partial charge is 0.160 e. The highest BCUT2D eigenvalue weighted by Gasteiger charge is 2.20. The standard InChI is InChI=1S/C16H28N4O/c1-12(2)16-18-11-15(14(19-16)10-17-3)21-9-7-13-6-5-8-20(13)4/h11-13,17H,5-10H2,1-4H3. The molecule has 0 radical (unpaired) electrons. The highest BCUT2D eigenvalue weighted by Crippen LogP contribution is 2.21. The van der Waals surface area contributed by atoms with Gasteiger partial charge in [0.15, 0.2) is 5.75 Å². The largest absolute Gasteiger partial charge is 0.490 e. The van der Waals surface area contributed by atoms with Crippen molar-refractivity contribution in [3.05, 3.63) is 17.7 Å². The van der Waals surface area contributed by atoms with Crippen LogP contribution in [0.25, 0.3) is 0 Å². The molecule has 21 heavy (non-hydrogen) atoms. The molecule has 0 amide bonds. The van der Waals surface area contributed by atoms with Gasteiger partial charge in [-0.15, -0.1) is 0 Å². The summed E-state index contributed by atoms with van der Waals surface area (Å²) >= 11 is 0. The molecule has 5 heteroatoms. The topological polar surface area (TPSA) is 50.3 Å². The summed E-state index contributed by atoms with van der Waals surface area (Å²) in [7, 11) is 4.12. The van der Waals surface area contributed by atoms with E-state index in [0.29, 0.717) is 18.5 Å². The van der Waals surface area contributed by atoms with Gasteiger partial charge in [0, 0.05) is 18.5 Å². The Morgan fingerprint density at radius 3 is 2.90 bits per heavy atom. The van der Waals surface area contributed by atoms with E-state index in [2.05, 4.69) is 41.1 Å². The Hall–Kier alpha value is -1.20. The van der Waals surface area contributed by atoms with Crippen LogP contribution in [-0.2, 0) is 6.54 Å². The molecule has 0 spiro atoms. The number of nitrogens with zero attached hydrogens (tertiary/aromatic N) is 3. The third kappa shape index (κ3) is 4.38. The first kappa shape index (κ1) is 16.2. The maximum Gasteiger partial charge on any atom is 0.160 e. The second-order valence-corrected chi connectivity index (χ2v) is 6.14. The van der Waals surface area contributed by atoms with Crippen molar-refractivity contribution in [2.24, 2.45) is 0 Å². The van der Waals surface area contributed by atoms with Crippen LogP contribution in [0.15, 0.2) is 6.20 Å². The molecule has 2 heterocycles. The molecule has 1 aromatic heterocycles. The minimum Gasteiger partial charge on any atom is -0.490 e. The molecule has 1 N–H and O–H groups in total. The summed E-state index contributed by atoms with van der Waals surface area (Å²) in [4.78, 5) is 11.5. The quantitative estimate of drug-likeness (QED) is 0.835. The third-order valence-electron chi connectivity index (χ3n) is 4.09. The summed E-state index contributed by atoms with van der Waals surface area (Å²) in [5, 5.41) is 3.15. The van der Waals surface area contributed by atoms with Crippen molar-refractivity contribution in [3.8, 4) is 5.75 Å². The molecule has 0 aliphatic carbocycles. The van der Waals surface area contributed by atoms with E-state index in [1.807, 2.05) is 13.2 Å². The summed E-state index contributed by atoms with van der Waals surface area (Å²) < 4.78 is 5.94. The number of hydrogen-bond donors (Lipinski definition) is 1. The fourth-order valence-corrected chi connectivity index (χ4v) is 2.76. The van der Waals surface area contributed by atoms with Gasteiger partial charge in [0.05, 0.1) is 18.5 Å². The summed E-state index contributed by atoms with van der Waals surface area (Å²) in [6, 6.07) is 0.661. The van der Waals surface area contributed by atoms with Crippen LogP contribution < -0.4 is 10.1 Å². The molecule has 1 aliphatic heterocycles. The van der Waals surface area contributed by atoms with Crippen molar-refractivity contribution < 1.29 is 4.74 Å². The lowest BCUT2D eigenvalue weighted by molar-refractivity contribution is 0.230. The second-order valence-electron chi connectivity index (χ2n) is 6.14. The number of likely N-dealkylation sites (tertiary alicyclic amines) is 1. The van der Waals surface area contributed by atoms with Crippen LogP contribution in [-0.4, -0.2) is 48.2 Å². The average Bonchev–Trinajstić information content (AvgIpc) is 2.86. The Balaban J connectivity index is 1.94. The van der Waals surface area contributed by atoms with Gasteiger partial charge in [-0.05, 0) is 39.9 Å². The van der Waals surface area contributed by atoms with E-state index >= 15 is 0 Å². The molecule has 1 saturated heterocycles. The van der Waals surface area contributed by atoms with Gasteiger partial charge in [0.2, 0.25) is 0 Å². The normalized spacial score (nSPS) is 19.4. The Labute approximate surface area is 128 Å². The first-order valence-corrected chi connectivity index (χ1v) is 7.95. The minimum absolute atomic E-state index is 0.335. The van der Waals surface area contributed by atoms with E-state index in [4.69, 9.17) is 4.74 Å². The van der Waals surface area contributed by atoms with Crippen molar-refractivity contribution in [2.75, 3.05) is 27.2 Å². The Morgan fingerprint density at radius 2 is 2.29 bits per heavy atom. The number of ether oxygens (including phenoxy) is 1. The summed E-state index contributed by atoms with van der Waals surface area (Å²) in [5.74, 6) is 2.03. The molecule has 1 aliphatic rings. The molecular formula is C16H28N4O. The van der Waals surface area contributed by atoms with E-state index in [1.54, 1.807) is 0 Å². The molecule has 0 saturated carbocycles. The first-order valence-electron chi connectivity index (χ1n) is 7.95. The zero-order valence-corrected chi connectivity index (χ0v) is 13.7. The Bertz CT molecular complexity index is 450. The van der Waals surface area contributed by atoms with E-state index in [9.17, 15) is 0 Å². The Kier molecular flexibility index (Phi) is 5.94. The molecule has 118 valence electrons. The Morgan fingerprint density at radius 1 is 1.48 bits per heavy atom. The highest BCUT2D eigenvalue weighted by atomic mass is 16.5. The molecular weight excluding hydrogens is 264 g/mol. The predicted molar refractivity (Wildman–Crippen MR) is 84.6 cm³/mol. The molecule has 0 bridgehead atoms. The summed E-state index contributed by atoms with van der Waals surface area (Å²) in [6.45, 7) is 6.86. The minimum atomic E-state index is 0.335. The lowest BCUT2D eigenvalue weighted by Crippen LogP contribution is -2.26. The number of nitrogens with one attached hydrogen (secondary N) is 1. The summed E-state index contributed by atoms with van der Waals surface area (Å²) in [6.07, 6.45) is 5.49. The highest BCUT2D eigenvalue weighted by molar-refractivity contribution is 5.25. The van der Waals surface area contributed by atoms with Gasteiger partial charge in [0.25, 0.3) is 0 Å². The van der Waals surface area contributed by atoms with Crippen molar-refractivity contribution in [1.29, 1.82) is 0 Å². The fraction of sp³-hybridized carbons (Fsp3) is 0.750. The fourth-order valence-electron chi connectivity index (χ4n) is 2.76. The van der Waals surface area contributed by atoms with Gasteiger partial charge in [-0.3, -0.25) is 0 Å². The van der Waals surface area contributed by atoms with Crippen LogP contribution in [0.4, 0.5) is 0 Å². The van der Waals surface area contributed by atoms with Crippen molar-refractivity contribution in [2.45, 2.75) is 51.6 Å². The van der Waals surface area contributed by atoms with Gasteiger partial charge in [-0.1, -0.05) is 13.8 Å². The van der Waals surface area contributed by atoms with Crippen molar-refractivity contribution >= 4 is 0 Å². The van der Waals surface area contributed by atoms with Gasteiger partial charge >= 0.3 is 0 Å². The number of rotatable bonds is 7. The number of hydrogen-bond acceptors (Lipinski definition) is 5. The predicted octanol–water partition coefficient (Wildman–Crippen LogP) is 2.18. The molecule has 1 aromatic rings. The lowest BCUT2D eigenvalue weighted by atomic mass is 10.1. The zero-order chi connectivity index (χ0) is 15.2. The average molecular weight is 292 g/mol. The lowest BCUT2D eigenvalue weighted by Gasteiger charge is -2.19. The van der Waals surface area contributed by atoms with Crippen LogP contribution in [0.5, 0.6) is 5.75 Å². The van der Waals surface area contributed by atoms with Gasteiger partial charge in [0.1, 0.15) is 5.82 Å². The first-order chi connectivity index (χ1) is 10.1. The van der Waals surface area contributed by atoms with Crippen LogP contribution >= 0.6 is 0 Å². The zero-order valence-electron chi connectivity index (χ0n) is 13.7. The maximum atomic E-state index is 5.94. The summed E-state index contributed by atoms with van der Waals surface area (Å²) in [5.41, 5.74) is 0.955. The van der Waals surface area contributed by atoms with Crippen LogP contribution in [0.2, 0.25) is 0 Å². The van der Waals surface area contributed by atoms with E-state index in [-0.39, 0.29) is 0 Å². The molecule has 0 aromatic carbocycles. The molecule has 1 unspecified atom stereocenters. The molecule has 1 fully saturated rings. The SMILES string of the molecule is CNCc1nc(C(C)C)ncc1OCCC1CCCN1C. The van der Waals surface area contributed by atoms with Gasteiger partial charge in [-0.2, -0.15) is 0 Å². The van der Waals surface area contributed by atoms with Crippen LogP contribution in [0.3, 0.4) is 0 Å². The van der Waals surface area contributed by atoms with Gasteiger partial charge in [-0.25, -0.2) is 9.97 Å². The monoisotopic (exact) mass is 292 g/mol. The van der Waals surface area contributed by atoms with Crippen LogP contribution in [0.1, 0.15) is 50.5 Å². The van der Waals surface area contributed by atoms with E-state index in [1.165, 1.54) is 19.4 Å². The number of aromatic nitrogens is 2.